The minimum absolute atomic E-state index is 0.0837. The third kappa shape index (κ3) is 3.70. The van der Waals surface area contributed by atoms with E-state index in [1.165, 1.54) is 0 Å². The molecule has 3 heterocycles. The van der Waals surface area contributed by atoms with Gasteiger partial charge in [-0.15, -0.1) is 0 Å². The molecule has 0 aliphatic carbocycles. The van der Waals surface area contributed by atoms with E-state index in [1.54, 1.807) is 6.20 Å². The number of carbonyl (C=O) groups excluding carboxylic acids is 1. The summed E-state index contributed by atoms with van der Waals surface area (Å²) in [6.45, 7) is 2.55. The van der Waals surface area contributed by atoms with Gasteiger partial charge >= 0.3 is 0 Å². The minimum atomic E-state index is 0.0837. The molecule has 0 unspecified atom stereocenters. The van der Waals surface area contributed by atoms with Crippen LogP contribution in [0, 0.1) is 5.92 Å². The molecule has 1 aliphatic heterocycles. The fraction of sp³-hybridized carbons (Fsp3) is 0.471. The molecule has 122 valence electrons. The van der Waals surface area contributed by atoms with Gasteiger partial charge in [0, 0.05) is 52.3 Å². The van der Waals surface area contributed by atoms with Gasteiger partial charge in [0.05, 0.1) is 5.56 Å². The van der Waals surface area contributed by atoms with Gasteiger partial charge in [-0.25, -0.2) is 4.98 Å². The predicted octanol–water partition coefficient (Wildman–Crippen LogP) is 1.90. The second-order valence-electron chi connectivity index (χ2n) is 6.26. The van der Waals surface area contributed by atoms with Crippen LogP contribution in [0.4, 0.5) is 5.82 Å². The lowest BCUT2D eigenvalue weighted by molar-refractivity contribution is 0.0681. The van der Waals surface area contributed by atoms with Crippen molar-refractivity contribution in [1.82, 2.24) is 19.7 Å². The van der Waals surface area contributed by atoms with Gasteiger partial charge in [0.15, 0.2) is 0 Å². The summed E-state index contributed by atoms with van der Waals surface area (Å²) in [6, 6.07) is 5.70. The second-order valence-corrected chi connectivity index (χ2v) is 6.26. The molecule has 2 aromatic rings. The zero-order chi connectivity index (χ0) is 16.2. The first kappa shape index (κ1) is 15.5. The number of amides is 1. The van der Waals surface area contributed by atoms with Crippen LogP contribution in [0.5, 0.6) is 0 Å². The maximum absolute atomic E-state index is 12.6. The van der Waals surface area contributed by atoms with Crippen LogP contribution in [-0.2, 0) is 6.54 Å². The molecule has 0 bridgehead atoms. The molecule has 1 fully saturated rings. The van der Waals surface area contributed by atoms with E-state index in [-0.39, 0.29) is 5.91 Å². The zero-order valence-electron chi connectivity index (χ0n) is 13.7. The first-order valence-electron chi connectivity index (χ1n) is 8.03. The number of anilines is 1. The van der Waals surface area contributed by atoms with E-state index >= 15 is 0 Å². The van der Waals surface area contributed by atoms with E-state index in [4.69, 9.17) is 0 Å². The van der Waals surface area contributed by atoms with Crippen LogP contribution in [0.1, 0.15) is 23.2 Å². The number of rotatable bonds is 4. The van der Waals surface area contributed by atoms with Crippen molar-refractivity contribution in [3.8, 4) is 0 Å². The van der Waals surface area contributed by atoms with Crippen LogP contribution in [0.15, 0.2) is 36.8 Å². The van der Waals surface area contributed by atoms with Crippen LogP contribution < -0.4 is 4.90 Å². The quantitative estimate of drug-likeness (QED) is 0.865. The highest BCUT2D eigenvalue weighted by molar-refractivity contribution is 5.94. The highest BCUT2D eigenvalue weighted by Gasteiger charge is 2.24. The monoisotopic (exact) mass is 313 g/mol. The maximum Gasteiger partial charge on any atom is 0.255 e. The third-order valence-corrected chi connectivity index (χ3v) is 4.36. The summed E-state index contributed by atoms with van der Waals surface area (Å²) in [5.74, 6) is 1.54. The Kier molecular flexibility index (Phi) is 4.60. The van der Waals surface area contributed by atoms with E-state index in [0.717, 1.165) is 38.3 Å². The molecule has 23 heavy (non-hydrogen) atoms. The number of aromatic nitrogens is 3. The van der Waals surface area contributed by atoms with E-state index in [2.05, 4.69) is 10.1 Å². The van der Waals surface area contributed by atoms with Crippen molar-refractivity contribution in [3.63, 3.8) is 0 Å². The molecule has 3 rings (SSSR count). The fourth-order valence-corrected chi connectivity index (χ4v) is 2.95. The number of hydrogen-bond acceptors (Lipinski definition) is 4. The first-order chi connectivity index (χ1) is 11.1. The van der Waals surface area contributed by atoms with Crippen LogP contribution >= 0.6 is 0 Å². The van der Waals surface area contributed by atoms with Gasteiger partial charge in [-0.1, -0.05) is 0 Å². The molecular formula is C17H23N5O. The van der Waals surface area contributed by atoms with Crippen molar-refractivity contribution in [2.75, 3.05) is 32.1 Å². The van der Waals surface area contributed by atoms with Crippen LogP contribution in [0.25, 0.3) is 0 Å². The maximum atomic E-state index is 12.6. The highest BCUT2D eigenvalue weighted by Crippen LogP contribution is 2.20. The summed E-state index contributed by atoms with van der Waals surface area (Å²) < 4.78 is 1.98. The number of likely N-dealkylation sites (tertiary alicyclic amines) is 1. The molecule has 0 spiro atoms. The number of carbonyl (C=O) groups is 1. The number of nitrogens with zero attached hydrogens (tertiary/aromatic N) is 5. The third-order valence-electron chi connectivity index (χ3n) is 4.36. The molecule has 0 saturated carbocycles. The van der Waals surface area contributed by atoms with Gasteiger partial charge in [0.2, 0.25) is 0 Å². The summed E-state index contributed by atoms with van der Waals surface area (Å²) in [4.78, 5) is 20.7. The van der Waals surface area contributed by atoms with E-state index in [0.29, 0.717) is 11.5 Å². The fourth-order valence-electron chi connectivity index (χ4n) is 2.95. The number of piperidine rings is 1. The van der Waals surface area contributed by atoms with Crippen molar-refractivity contribution in [2.45, 2.75) is 19.4 Å². The van der Waals surface area contributed by atoms with Crippen LogP contribution in [0.3, 0.4) is 0 Å². The number of pyridine rings is 1. The molecule has 1 aliphatic rings. The lowest BCUT2D eigenvalue weighted by Crippen LogP contribution is -2.39. The van der Waals surface area contributed by atoms with Gasteiger partial charge in [0.1, 0.15) is 5.82 Å². The van der Waals surface area contributed by atoms with Crippen LogP contribution in [-0.4, -0.2) is 52.8 Å². The molecule has 6 heteroatoms. The van der Waals surface area contributed by atoms with Crippen molar-refractivity contribution < 1.29 is 4.79 Å². The Bertz CT molecular complexity index is 628. The Hall–Kier alpha value is -2.37. The molecule has 1 amide bonds. The standard InChI is InChI=1S/C17H23N5O/c1-20(2)16-5-4-15(12-18-16)17(23)21-10-6-14(7-11-21)13-22-9-3-8-19-22/h3-5,8-9,12,14H,6-7,10-11,13H2,1-2H3. The smallest absolute Gasteiger partial charge is 0.255 e. The largest absolute Gasteiger partial charge is 0.363 e. The molecule has 0 N–H and O–H groups in total. The van der Waals surface area contributed by atoms with Gasteiger partial charge in [-0.05, 0) is 37.0 Å². The molecule has 1 saturated heterocycles. The predicted molar refractivity (Wildman–Crippen MR) is 89.4 cm³/mol. The van der Waals surface area contributed by atoms with Crippen molar-refractivity contribution in [3.05, 3.63) is 42.4 Å². The van der Waals surface area contributed by atoms with Gasteiger partial charge in [0.25, 0.3) is 5.91 Å². The lowest BCUT2D eigenvalue weighted by atomic mass is 9.96. The van der Waals surface area contributed by atoms with E-state index in [9.17, 15) is 4.79 Å². The molecule has 0 aromatic carbocycles. The summed E-state index contributed by atoms with van der Waals surface area (Å²) in [7, 11) is 3.88. The highest BCUT2D eigenvalue weighted by atomic mass is 16.2. The Labute approximate surface area is 136 Å². The summed E-state index contributed by atoms with van der Waals surface area (Å²) >= 11 is 0. The lowest BCUT2D eigenvalue weighted by Gasteiger charge is -2.32. The second kappa shape index (κ2) is 6.81. The normalized spacial score (nSPS) is 15.7. The Morgan fingerprint density at radius 1 is 1.30 bits per heavy atom. The minimum Gasteiger partial charge on any atom is -0.363 e. The summed E-state index contributed by atoms with van der Waals surface area (Å²) in [5, 5.41) is 4.26. The Balaban J connectivity index is 1.55. The Morgan fingerprint density at radius 2 is 2.09 bits per heavy atom. The van der Waals surface area contributed by atoms with Crippen LogP contribution in [0.2, 0.25) is 0 Å². The SMILES string of the molecule is CN(C)c1ccc(C(=O)N2CCC(Cn3cccn3)CC2)cn1. The summed E-state index contributed by atoms with van der Waals surface area (Å²) in [5.41, 5.74) is 0.668. The van der Waals surface area contributed by atoms with Crippen molar-refractivity contribution in [1.29, 1.82) is 0 Å². The van der Waals surface area contributed by atoms with Gasteiger partial charge < -0.3 is 9.80 Å². The molecular weight excluding hydrogens is 290 g/mol. The molecule has 0 atom stereocenters. The first-order valence-corrected chi connectivity index (χ1v) is 8.03. The van der Waals surface area contributed by atoms with Crippen molar-refractivity contribution >= 4 is 11.7 Å². The summed E-state index contributed by atoms with van der Waals surface area (Å²) in [6.07, 6.45) is 7.52. The van der Waals surface area contributed by atoms with Gasteiger partial charge in [-0.3, -0.25) is 9.48 Å². The molecule has 2 aromatic heterocycles. The Morgan fingerprint density at radius 3 is 2.65 bits per heavy atom. The van der Waals surface area contributed by atoms with Crippen molar-refractivity contribution in [2.24, 2.45) is 5.92 Å². The average Bonchev–Trinajstić information content (AvgIpc) is 3.08. The molecule has 0 radical (unpaired) electrons. The number of hydrogen-bond donors (Lipinski definition) is 0. The van der Waals surface area contributed by atoms with Gasteiger partial charge in [-0.2, -0.15) is 5.10 Å². The molecule has 6 nitrogen and oxygen atoms in total. The zero-order valence-corrected chi connectivity index (χ0v) is 13.7. The topological polar surface area (TPSA) is 54.3 Å². The van der Waals surface area contributed by atoms with E-state index < -0.39 is 0 Å². The average molecular weight is 313 g/mol. The van der Waals surface area contributed by atoms with E-state index in [1.807, 2.05) is 59.2 Å².